The van der Waals surface area contributed by atoms with E-state index in [1.54, 1.807) is 16.2 Å². The van der Waals surface area contributed by atoms with Crippen LogP contribution in [0.2, 0.25) is 0 Å². The molecule has 1 aliphatic heterocycles. The summed E-state index contributed by atoms with van der Waals surface area (Å²) in [5, 5.41) is 0. The van der Waals surface area contributed by atoms with Crippen LogP contribution in [0, 0.1) is 0 Å². The monoisotopic (exact) mass is 289 g/mol. The minimum Gasteiger partial charge on any atom is -0.358 e. The van der Waals surface area contributed by atoms with Crippen LogP contribution >= 0.6 is 27.3 Å². The lowest BCUT2D eigenvalue weighted by molar-refractivity contribution is -0.168. The largest absolute Gasteiger partial charge is 0.358 e. The molecule has 0 saturated carbocycles. The molecule has 1 aromatic heterocycles. The van der Waals surface area contributed by atoms with Crippen molar-refractivity contribution in [3.8, 4) is 0 Å². The Morgan fingerprint density at radius 3 is 2.93 bits per heavy atom. The zero-order valence-corrected chi connectivity index (χ0v) is 11.0. The predicted molar refractivity (Wildman–Crippen MR) is 63.0 cm³/mol. The summed E-state index contributed by atoms with van der Waals surface area (Å²) in [5.41, 5.74) is -0.802. The number of carbonyl (C=O) groups excluding carboxylic acids is 1. The zero-order chi connectivity index (χ0) is 11.1. The highest BCUT2D eigenvalue weighted by atomic mass is 79.9. The van der Waals surface area contributed by atoms with E-state index in [0.29, 0.717) is 13.2 Å². The number of ether oxygens (including phenoxy) is 1. The van der Waals surface area contributed by atoms with Crippen molar-refractivity contribution in [2.75, 3.05) is 20.2 Å². The molecule has 5 heteroatoms. The number of carbonyl (C=O) groups is 1. The van der Waals surface area contributed by atoms with Gasteiger partial charge < -0.3 is 9.64 Å². The first-order chi connectivity index (χ1) is 7.04. The normalized spacial score (nSPS) is 27.1. The smallest absolute Gasteiger partial charge is 0.259 e. The Morgan fingerprint density at radius 2 is 2.33 bits per heavy atom. The molecule has 15 heavy (non-hydrogen) atoms. The predicted octanol–water partition coefficient (Wildman–Crippen LogP) is 2.21. The highest BCUT2D eigenvalue weighted by molar-refractivity contribution is 9.11. The lowest BCUT2D eigenvalue weighted by atomic mass is 10.0. The lowest BCUT2D eigenvalue weighted by Gasteiger charge is -2.36. The Kier molecular flexibility index (Phi) is 2.87. The molecule has 1 saturated heterocycles. The van der Waals surface area contributed by atoms with Crippen LogP contribution in [0.15, 0.2) is 15.9 Å². The molecule has 3 nitrogen and oxygen atoms in total. The topological polar surface area (TPSA) is 29.5 Å². The van der Waals surface area contributed by atoms with Crippen LogP contribution in [0.3, 0.4) is 0 Å². The number of nitrogens with zero attached hydrogens (tertiary/aromatic N) is 1. The Labute approximate surface area is 101 Å². The SMILES string of the molecule is CN1CCOC(C)(c2ccc(Br)s2)C1=O. The van der Waals surface area contributed by atoms with Crippen molar-refractivity contribution in [3.05, 3.63) is 20.8 Å². The molecule has 1 atom stereocenters. The van der Waals surface area contributed by atoms with Crippen LogP contribution in [-0.4, -0.2) is 31.0 Å². The van der Waals surface area contributed by atoms with Crippen LogP contribution in [-0.2, 0) is 15.1 Å². The van der Waals surface area contributed by atoms with Gasteiger partial charge in [-0.05, 0) is 35.0 Å². The second kappa shape index (κ2) is 3.88. The average Bonchev–Trinajstić information content (AvgIpc) is 2.62. The van der Waals surface area contributed by atoms with Gasteiger partial charge in [-0.15, -0.1) is 11.3 Å². The van der Waals surface area contributed by atoms with Crippen molar-refractivity contribution in [1.29, 1.82) is 0 Å². The quantitative estimate of drug-likeness (QED) is 0.793. The number of halogens is 1. The first kappa shape index (κ1) is 11.1. The number of morpholine rings is 1. The van der Waals surface area contributed by atoms with Crippen LogP contribution < -0.4 is 0 Å². The van der Waals surface area contributed by atoms with E-state index >= 15 is 0 Å². The van der Waals surface area contributed by atoms with Crippen molar-refractivity contribution in [3.63, 3.8) is 0 Å². The van der Waals surface area contributed by atoms with Gasteiger partial charge in [-0.3, -0.25) is 4.79 Å². The standard InChI is InChI=1S/C10H12BrNO2S/c1-10(7-3-4-8(11)15-7)9(13)12(2)5-6-14-10/h3-4H,5-6H2,1-2H3. The van der Waals surface area contributed by atoms with Gasteiger partial charge >= 0.3 is 0 Å². The molecule has 1 fully saturated rings. The maximum Gasteiger partial charge on any atom is 0.259 e. The fraction of sp³-hybridized carbons (Fsp3) is 0.500. The fourth-order valence-corrected chi connectivity index (χ4v) is 3.14. The highest BCUT2D eigenvalue weighted by Crippen LogP contribution is 2.36. The molecule has 0 aromatic carbocycles. The summed E-state index contributed by atoms with van der Waals surface area (Å²) in [7, 11) is 1.81. The third-order valence-corrected chi connectivity index (χ3v) is 4.44. The Balaban J connectivity index is 2.36. The molecule has 2 rings (SSSR count). The van der Waals surface area contributed by atoms with Crippen LogP contribution in [0.25, 0.3) is 0 Å². The summed E-state index contributed by atoms with van der Waals surface area (Å²) in [4.78, 5) is 14.7. The van der Waals surface area contributed by atoms with E-state index in [9.17, 15) is 4.79 Å². The molecule has 0 spiro atoms. The molecule has 1 unspecified atom stereocenters. The summed E-state index contributed by atoms with van der Waals surface area (Å²) < 4.78 is 6.66. The van der Waals surface area contributed by atoms with E-state index in [1.165, 1.54) is 0 Å². The van der Waals surface area contributed by atoms with E-state index in [4.69, 9.17) is 4.74 Å². The second-order valence-electron chi connectivity index (χ2n) is 3.71. The summed E-state index contributed by atoms with van der Waals surface area (Å²) >= 11 is 4.94. The van der Waals surface area contributed by atoms with E-state index < -0.39 is 5.60 Å². The number of rotatable bonds is 1. The van der Waals surface area contributed by atoms with Crippen molar-refractivity contribution in [2.45, 2.75) is 12.5 Å². The molecule has 82 valence electrons. The van der Waals surface area contributed by atoms with Crippen LogP contribution in [0.4, 0.5) is 0 Å². The Hall–Kier alpha value is -0.390. The van der Waals surface area contributed by atoms with Gasteiger partial charge in [0.05, 0.1) is 10.4 Å². The fourth-order valence-electron chi connectivity index (χ4n) is 1.66. The molecule has 1 aliphatic rings. The maximum atomic E-state index is 12.0. The molecule has 1 aromatic rings. The number of likely N-dealkylation sites (N-methyl/N-ethyl adjacent to an activating group) is 1. The minimum absolute atomic E-state index is 0.0306. The summed E-state index contributed by atoms with van der Waals surface area (Å²) in [6.07, 6.45) is 0. The number of thiophene rings is 1. The van der Waals surface area contributed by atoms with Crippen LogP contribution in [0.1, 0.15) is 11.8 Å². The summed E-state index contributed by atoms with van der Waals surface area (Å²) in [6.45, 7) is 3.10. The van der Waals surface area contributed by atoms with Crippen molar-refractivity contribution in [1.82, 2.24) is 4.90 Å². The van der Waals surface area contributed by atoms with E-state index in [-0.39, 0.29) is 5.91 Å². The van der Waals surface area contributed by atoms with Gasteiger partial charge in [0.1, 0.15) is 0 Å². The molecule has 0 bridgehead atoms. The van der Waals surface area contributed by atoms with Crippen molar-refractivity contribution in [2.24, 2.45) is 0 Å². The van der Waals surface area contributed by atoms with Gasteiger partial charge in [-0.25, -0.2) is 0 Å². The van der Waals surface area contributed by atoms with Crippen molar-refractivity contribution < 1.29 is 9.53 Å². The molecule has 2 heterocycles. The molecular formula is C10H12BrNO2S. The summed E-state index contributed by atoms with van der Waals surface area (Å²) in [6, 6.07) is 3.88. The third-order valence-electron chi connectivity index (χ3n) is 2.62. The number of hydrogen-bond donors (Lipinski definition) is 0. The molecule has 0 radical (unpaired) electrons. The molecular weight excluding hydrogens is 278 g/mol. The van der Waals surface area contributed by atoms with Gasteiger partial charge in [0, 0.05) is 18.5 Å². The van der Waals surface area contributed by atoms with Gasteiger partial charge in [-0.2, -0.15) is 0 Å². The average molecular weight is 290 g/mol. The zero-order valence-electron chi connectivity index (χ0n) is 8.62. The first-order valence-electron chi connectivity index (χ1n) is 4.69. The molecule has 0 aliphatic carbocycles. The maximum absolute atomic E-state index is 12.0. The minimum atomic E-state index is -0.802. The lowest BCUT2D eigenvalue weighted by Crippen LogP contribution is -2.51. The van der Waals surface area contributed by atoms with E-state index in [0.717, 1.165) is 8.66 Å². The van der Waals surface area contributed by atoms with Crippen LogP contribution in [0.5, 0.6) is 0 Å². The first-order valence-corrected chi connectivity index (χ1v) is 6.30. The molecule has 0 N–H and O–H groups in total. The number of amides is 1. The van der Waals surface area contributed by atoms with E-state index in [1.807, 2.05) is 26.1 Å². The van der Waals surface area contributed by atoms with Gasteiger partial charge in [0.15, 0.2) is 5.60 Å². The van der Waals surface area contributed by atoms with Crippen molar-refractivity contribution >= 4 is 33.2 Å². The van der Waals surface area contributed by atoms with Gasteiger partial charge in [0.25, 0.3) is 5.91 Å². The second-order valence-corrected chi connectivity index (χ2v) is 6.18. The third kappa shape index (κ3) is 1.84. The van der Waals surface area contributed by atoms with Gasteiger partial charge in [-0.1, -0.05) is 0 Å². The Bertz CT molecular complexity index is 393. The highest BCUT2D eigenvalue weighted by Gasteiger charge is 2.42. The van der Waals surface area contributed by atoms with E-state index in [2.05, 4.69) is 15.9 Å². The molecule has 1 amide bonds. The summed E-state index contributed by atoms with van der Waals surface area (Å²) in [5.74, 6) is 0.0306. The van der Waals surface area contributed by atoms with Gasteiger partial charge in [0.2, 0.25) is 0 Å². The Morgan fingerprint density at radius 1 is 1.60 bits per heavy atom. The number of hydrogen-bond acceptors (Lipinski definition) is 3.